The normalized spacial score (nSPS) is 19.6. The smallest absolute Gasteiger partial charge is 0.0956 e. The molecule has 0 amide bonds. The van der Waals surface area contributed by atoms with Crippen molar-refractivity contribution in [2.75, 3.05) is 11.9 Å². The third kappa shape index (κ3) is 1.54. The fourth-order valence-electron chi connectivity index (χ4n) is 3.41. The van der Waals surface area contributed by atoms with Crippen LogP contribution in [0.15, 0.2) is 30.7 Å². The summed E-state index contributed by atoms with van der Waals surface area (Å²) < 4.78 is 2.38. The molecule has 0 unspecified atom stereocenters. The van der Waals surface area contributed by atoms with Crippen LogP contribution in [0.1, 0.15) is 31.7 Å². The van der Waals surface area contributed by atoms with Gasteiger partial charge in [0.05, 0.1) is 18.2 Å². The van der Waals surface area contributed by atoms with Crippen molar-refractivity contribution >= 4 is 5.69 Å². The van der Waals surface area contributed by atoms with Gasteiger partial charge in [0.15, 0.2) is 0 Å². The molecule has 1 fully saturated rings. The van der Waals surface area contributed by atoms with Gasteiger partial charge in [0.2, 0.25) is 0 Å². The molecule has 1 saturated carbocycles. The van der Waals surface area contributed by atoms with Gasteiger partial charge in [-0.3, -0.25) is 0 Å². The number of fused-ring (bicyclic) bond motifs is 1. The Morgan fingerprint density at radius 3 is 3.00 bits per heavy atom. The van der Waals surface area contributed by atoms with Crippen molar-refractivity contribution in [1.29, 1.82) is 0 Å². The highest BCUT2D eigenvalue weighted by molar-refractivity contribution is 5.80. The maximum absolute atomic E-state index is 4.41. The maximum atomic E-state index is 4.41. The molecule has 1 aromatic carbocycles. The minimum Gasteiger partial charge on any atom is -0.384 e. The van der Waals surface area contributed by atoms with Crippen molar-refractivity contribution in [3.63, 3.8) is 0 Å². The zero-order chi connectivity index (χ0) is 12.9. The van der Waals surface area contributed by atoms with Gasteiger partial charge < -0.3 is 9.88 Å². The van der Waals surface area contributed by atoms with Crippen molar-refractivity contribution in [3.8, 4) is 11.3 Å². The molecule has 4 rings (SSSR count). The fourth-order valence-corrected chi connectivity index (χ4v) is 3.41. The number of para-hydroxylation sites is 1. The average Bonchev–Trinajstić information content (AvgIpc) is 3.04. The molecule has 1 aliphatic carbocycles. The van der Waals surface area contributed by atoms with E-state index in [1.165, 1.54) is 41.8 Å². The van der Waals surface area contributed by atoms with E-state index in [0.717, 1.165) is 13.0 Å². The zero-order valence-corrected chi connectivity index (χ0v) is 11.3. The molecule has 2 aliphatic rings. The zero-order valence-electron chi connectivity index (χ0n) is 11.3. The quantitative estimate of drug-likeness (QED) is 0.888. The van der Waals surface area contributed by atoms with E-state index in [-0.39, 0.29) is 5.54 Å². The monoisotopic (exact) mass is 253 g/mol. The lowest BCUT2D eigenvalue weighted by molar-refractivity contribution is 0.171. The van der Waals surface area contributed by atoms with Crippen molar-refractivity contribution in [2.45, 2.75) is 38.1 Å². The van der Waals surface area contributed by atoms with Gasteiger partial charge in [-0.1, -0.05) is 18.2 Å². The van der Waals surface area contributed by atoms with Gasteiger partial charge in [-0.05, 0) is 38.2 Å². The van der Waals surface area contributed by atoms with E-state index in [9.17, 15) is 0 Å². The number of benzene rings is 1. The molecule has 98 valence electrons. The van der Waals surface area contributed by atoms with E-state index in [1.807, 2.05) is 12.5 Å². The predicted octanol–water partition coefficient (Wildman–Crippen LogP) is 3.42. The molecule has 3 heteroatoms. The molecule has 2 heterocycles. The molecular weight excluding hydrogens is 234 g/mol. The Labute approximate surface area is 113 Å². The molecule has 3 nitrogen and oxygen atoms in total. The maximum Gasteiger partial charge on any atom is 0.0956 e. The molecule has 2 aromatic rings. The SMILES string of the molecule is CC1(n2cncc2-c2cccc3c2NCC3)CCC1. The third-order valence-electron chi connectivity index (χ3n) is 4.77. The number of aromatic nitrogens is 2. The van der Waals surface area contributed by atoms with E-state index in [4.69, 9.17) is 0 Å². The highest BCUT2D eigenvalue weighted by atomic mass is 15.1. The fraction of sp³-hybridized carbons (Fsp3) is 0.438. The van der Waals surface area contributed by atoms with Crippen LogP contribution in [0.25, 0.3) is 11.3 Å². The van der Waals surface area contributed by atoms with E-state index in [0.29, 0.717) is 0 Å². The molecule has 0 radical (unpaired) electrons. The standard InChI is InChI=1S/C16H19N3/c1-16(7-3-8-16)19-11-17-10-14(19)13-5-2-4-12-6-9-18-15(12)13/h2,4-5,10-11,18H,3,6-9H2,1H3. The molecule has 1 N–H and O–H groups in total. The molecule has 1 aromatic heterocycles. The van der Waals surface area contributed by atoms with Gasteiger partial charge in [-0.2, -0.15) is 0 Å². The van der Waals surface area contributed by atoms with Gasteiger partial charge in [0.1, 0.15) is 0 Å². The van der Waals surface area contributed by atoms with Gasteiger partial charge in [-0.25, -0.2) is 4.98 Å². The Hall–Kier alpha value is -1.77. The molecule has 0 atom stereocenters. The Morgan fingerprint density at radius 2 is 2.21 bits per heavy atom. The van der Waals surface area contributed by atoms with Gasteiger partial charge in [0, 0.05) is 23.3 Å². The lowest BCUT2D eigenvalue weighted by Gasteiger charge is -2.41. The summed E-state index contributed by atoms with van der Waals surface area (Å²) in [6.07, 6.45) is 9.01. The highest BCUT2D eigenvalue weighted by Crippen LogP contribution is 2.43. The van der Waals surface area contributed by atoms with Crippen LogP contribution in [0.2, 0.25) is 0 Å². The van der Waals surface area contributed by atoms with Crippen LogP contribution in [0.3, 0.4) is 0 Å². The second kappa shape index (κ2) is 3.86. The number of hydrogen-bond donors (Lipinski definition) is 1. The van der Waals surface area contributed by atoms with Crippen LogP contribution in [-0.4, -0.2) is 16.1 Å². The van der Waals surface area contributed by atoms with Crippen LogP contribution in [0.5, 0.6) is 0 Å². The highest BCUT2D eigenvalue weighted by Gasteiger charge is 2.35. The van der Waals surface area contributed by atoms with E-state index in [1.54, 1.807) is 0 Å². The van der Waals surface area contributed by atoms with Crippen molar-refractivity contribution in [1.82, 2.24) is 9.55 Å². The van der Waals surface area contributed by atoms with E-state index >= 15 is 0 Å². The van der Waals surface area contributed by atoms with Crippen molar-refractivity contribution in [3.05, 3.63) is 36.3 Å². The van der Waals surface area contributed by atoms with E-state index < -0.39 is 0 Å². The number of imidazole rings is 1. The van der Waals surface area contributed by atoms with Gasteiger partial charge >= 0.3 is 0 Å². The topological polar surface area (TPSA) is 29.9 Å². The molecular formula is C16H19N3. The molecule has 0 saturated heterocycles. The summed E-state index contributed by atoms with van der Waals surface area (Å²) in [6.45, 7) is 3.40. The van der Waals surface area contributed by atoms with Crippen molar-refractivity contribution < 1.29 is 0 Å². The largest absolute Gasteiger partial charge is 0.384 e. The molecule has 0 spiro atoms. The first kappa shape index (κ1) is 11.1. The third-order valence-corrected chi connectivity index (χ3v) is 4.77. The molecule has 19 heavy (non-hydrogen) atoms. The van der Waals surface area contributed by atoms with Crippen LogP contribution >= 0.6 is 0 Å². The Balaban J connectivity index is 1.86. The average molecular weight is 253 g/mol. The molecule has 1 aliphatic heterocycles. The Bertz CT molecular complexity index is 623. The summed E-state index contributed by atoms with van der Waals surface area (Å²) in [5.74, 6) is 0. The van der Waals surface area contributed by atoms with Crippen LogP contribution in [0, 0.1) is 0 Å². The van der Waals surface area contributed by atoms with Crippen LogP contribution in [-0.2, 0) is 12.0 Å². The number of hydrogen-bond acceptors (Lipinski definition) is 2. The van der Waals surface area contributed by atoms with Crippen LogP contribution in [0.4, 0.5) is 5.69 Å². The Kier molecular flexibility index (Phi) is 2.25. The van der Waals surface area contributed by atoms with Gasteiger partial charge in [0.25, 0.3) is 0 Å². The second-order valence-electron chi connectivity index (χ2n) is 6.02. The summed E-state index contributed by atoms with van der Waals surface area (Å²) in [7, 11) is 0. The van der Waals surface area contributed by atoms with Crippen molar-refractivity contribution in [2.24, 2.45) is 0 Å². The Morgan fingerprint density at radius 1 is 1.32 bits per heavy atom. The van der Waals surface area contributed by atoms with Crippen LogP contribution < -0.4 is 5.32 Å². The summed E-state index contributed by atoms with van der Waals surface area (Å²) >= 11 is 0. The number of nitrogens with zero attached hydrogens (tertiary/aromatic N) is 2. The summed E-state index contributed by atoms with van der Waals surface area (Å²) in [5.41, 5.74) is 5.58. The lowest BCUT2D eigenvalue weighted by Crippen LogP contribution is -2.37. The lowest BCUT2D eigenvalue weighted by atomic mass is 9.78. The molecule has 0 bridgehead atoms. The minimum atomic E-state index is 0.271. The summed E-state index contributed by atoms with van der Waals surface area (Å²) in [4.78, 5) is 4.41. The number of anilines is 1. The first-order valence-corrected chi connectivity index (χ1v) is 7.17. The summed E-state index contributed by atoms with van der Waals surface area (Å²) in [5, 5.41) is 3.53. The predicted molar refractivity (Wildman–Crippen MR) is 77.4 cm³/mol. The first-order valence-electron chi connectivity index (χ1n) is 7.17. The second-order valence-corrected chi connectivity index (χ2v) is 6.02. The number of rotatable bonds is 2. The van der Waals surface area contributed by atoms with E-state index in [2.05, 4.69) is 40.0 Å². The summed E-state index contributed by atoms with van der Waals surface area (Å²) in [6, 6.07) is 6.61. The number of nitrogens with one attached hydrogen (secondary N) is 1. The minimum absolute atomic E-state index is 0.271. The first-order chi connectivity index (χ1) is 9.28. The van der Waals surface area contributed by atoms with Gasteiger partial charge in [-0.15, -0.1) is 0 Å².